The summed E-state index contributed by atoms with van der Waals surface area (Å²) in [5.41, 5.74) is 0.314. The average Bonchev–Trinajstić information content (AvgIpc) is 2.62. The minimum absolute atomic E-state index is 0.0236. The molecule has 0 aliphatic heterocycles. The predicted octanol–water partition coefficient (Wildman–Crippen LogP) is 5.98. The Hall–Kier alpha value is -1.32. The molecule has 4 heteroatoms. The molecule has 0 aromatic rings. The minimum Gasteiger partial charge on any atom is -0.463 e. The molecule has 0 saturated heterocycles. The third-order valence-corrected chi connectivity index (χ3v) is 5.53. The van der Waals surface area contributed by atoms with Crippen molar-refractivity contribution in [3.8, 4) is 0 Å². The molecule has 1 saturated carbocycles. The third kappa shape index (κ3) is 11.2. The first-order chi connectivity index (χ1) is 12.8. The van der Waals surface area contributed by atoms with Crippen molar-refractivity contribution in [3.63, 3.8) is 0 Å². The highest BCUT2D eigenvalue weighted by Crippen LogP contribution is 2.38. The van der Waals surface area contributed by atoms with Crippen LogP contribution in [-0.4, -0.2) is 24.6 Å². The van der Waals surface area contributed by atoms with E-state index in [-0.39, 0.29) is 6.10 Å². The Morgan fingerprint density at radius 2 is 1.41 bits per heavy atom. The topological polar surface area (TPSA) is 52.6 Å². The van der Waals surface area contributed by atoms with Crippen LogP contribution < -0.4 is 0 Å². The van der Waals surface area contributed by atoms with Crippen LogP contribution in [0.2, 0.25) is 0 Å². The van der Waals surface area contributed by atoms with Crippen molar-refractivity contribution in [1.82, 2.24) is 0 Å². The van der Waals surface area contributed by atoms with Crippen LogP contribution in [0.5, 0.6) is 0 Å². The molecule has 0 aromatic carbocycles. The summed E-state index contributed by atoms with van der Waals surface area (Å²) in [7, 11) is 0. The maximum absolute atomic E-state index is 11.9. The van der Waals surface area contributed by atoms with E-state index in [9.17, 15) is 9.59 Å². The Kier molecular flexibility index (Phi) is 11.4. The number of rotatable bonds is 11. The lowest BCUT2D eigenvalue weighted by Crippen LogP contribution is -2.30. The van der Waals surface area contributed by atoms with E-state index >= 15 is 0 Å². The van der Waals surface area contributed by atoms with Crippen LogP contribution in [0.15, 0.2) is 12.2 Å². The van der Waals surface area contributed by atoms with E-state index in [1.54, 1.807) is 0 Å². The number of carbonyl (C=O) groups excluding carboxylic acids is 2. The van der Waals surface area contributed by atoms with Crippen molar-refractivity contribution in [1.29, 1.82) is 0 Å². The predicted molar refractivity (Wildman–Crippen MR) is 109 cm³/mol. The summed E-state index contributed by atoms with van der Waals surface area (Å²) < 4.78 is 10.6. The molecule has 0 amide bonds. The first-order valence-corrected chi connectivity index (χ1v) is 10.9. The maximum atomic E-state index is 11.9. The number of esters is 2. The average molecular weight is 381 g/mol. The monoisotopic (exact) mass is 380 g/mol. The van der Waals surface area contributed by atoms with Crippen molar-refractivity contribution in [2.45, 2.75) is 104 Å². The van der Waals surface area contributed by atoms with Gasteiger partial charge in [0.05, 0.1) is 6.61 Å². The Labute approximate surface area is 166 Å². The number of hydrogen-bond donors (Lipinski definition) is 0. The lowest BCUT2D eigenvalue weighted by Gasteiger charge is -2.36. The van der Waals surface area contributed by atoms with E-state index in [2.05, 4.69) is 27.7 Å². The zero-order valence-electron chi connectivity index (χ0n) is 17.9. The van der Waals surface area contributed by atoms with E-state index in [4.69, 9.17) is 9.47 Å². The molecule has 0 bridgehead atoms. The van der Waals surface area contributed by atoms with Crippen LogP contribution in [-0.2, 0) is 19.1 Å². The number of hydrogen-bond acceptors (Lipinski definition) is 4. The van der Waals surface area contributed by atoms with Crippen molar-refractivity contribution >= 4 is 11.9 Å². The van der Waals surface area contributed by atoms with E-state index in [0.29, 0.717) is 17.9 Å². The van der Waals surface area contributed by atoms with Crippen molar-refractivity contribution < 1.29 is 19.1 Å². The first kappa shape index (κ1) is 23.7. The van der Waals surface area contributed by atoms with Gasteiger partial charge >= 0.3 is 11.9 Å². The smallest absolute Gasteiger partial charge is 0.331 e. The van der Waals surface area contributed by atoms with E-state index in [1.807, 2.05) is 0 Å². The largest absolute Gasteiger partial charge is 0.463 e. The SMILES string of the molecule is CCCCCCCCCOC(=O)/C=C/C(=O)OC1CCC(C(C)(C)C)CC1. The number of carbonyl (C=O) groups is 2. The van der Waals surface area contributed by atoms with Gasteiger partial charge in [0.2, 0.25) is 0 Å². The molecule has 1 aliphatic carbocycles. The summed E-state index contributed by atoms with van der Waals surface area (Å²) in [6, 6.07) is 0. The van der Waals surface area contributed by atoms with E-state index in [0.717, 1.165) is 38.5 Å². The second kappa shape index (κ2) is 13.0. The first-order valence-electron chi connectivity index (χ1n) is 10.9. The van der Waals surface area contributed by atoms with Crippen molar-refractivity contribution in [2.24, 2.45) is 11.3 Å². The van der Waals surface area contributed by atoms with E-state index < -0.39 is 11.9 Å². The molecule has 0 unspecified atom stereocenters. The third-order valence-electron chi connectivity index (χ3n) is 5.53. The zero-order valence-corrected chi connectivity index (χ0v) is 17.9. The molecule has 0 heterocycles. The van der Waals surface area contributed by atoms with Crippen LogP contribution in [0.4, 0.5) is 0 Å². The van der Waals surface area contributed by atoms with E-state index in [1.165, 1.54) is 44.3 Å². The maximum Gasteiger partial charge on any atom is 0.331 e. The lowest BCUT2D eigenvalue weighted by atomic mass is 9.72. The second-order valence-corrected chi connectivity index (χ2v) is 8.90. The van der Waals surface area contributed by atoms with Crippen LogP contribution in [0.25, 0.3) is 0 Å². The lowest BCUT2D eigenvalue weighted by molar-refractivity contribution is -0.146. The molecule has 1 aliphatic rings. The zero-order chi connectivity index (χ0) is 20.1. The highest BCUT2D eigenvalue weighted by atomic mass is 16.5. The molecular weight excluding hydrogens is 340 g/mol. The van der Waals surface area contributed by atoms with Crippen LogP contribution in [0.3, 0.4) is 0 Å². The number of ether oxygens (including phenoxy) is 2. The standard InChI is InChI=1S/C23H40O4/c1-5-6-7-8-9-10-11-18-26-21(24)16-17-22(25)27-20-14-12-19(13-15-20)23(2,3)4/h16-17,19-20H,5-15,18H2,1-4H3/b17-16+. The summed E-state index contributed by atoms with van der Waals surface area (Å²) in [4.78, 5) is 23.5. The molecule has 0 atom stereocenters. The summed E-state index contributed by atoms with van der Waals surface area (Å²) >= 11 is 0. The summed E-state index contributed by atoms with van der Waals surface area (Å²) in [5.74, 6) is -0.221. The van der Waals surface area contributed by atoms with Gasteiger partial charge in [0.1, 0.15) is 6.10 Å². The van der Waals surface area contributed by atoms with Gasteiger partial charge in [-0.3, -0.25) is 0 Å². The van der Waals surface area contributed by atoms with Gasteiger partial charge in [0.15, 0.2) is 0 Å². The minimum atomic E-state index is -0.464. The van der Waals surface area contributed by atoms with Crippen molar-refractivity contribution in [2.75, 3.05) is 6.61 Å². The molecule has 1 fully saturated rings. The fraction of sp³-hybridized carbons (Fsp3) is 0.826. The van der Waals surface area contributed by atoms with Gasteiger partial charge in [-0.1, -0.05) is 66.2 Å². The van der Waals surface area contributed by atoms with Crippen LogP contribution in [0.1, 0.15) is 98.3 Å². The van der Waals surface area contributed by atoms with Gasteiger partial charge in [-0.15, -0.1) is 0 Å². The Bertz CT molecular complexity index is 453. The van der Waals surface area contributed by atoms with Gasteiger partial charge in [-0.25, -0.2) is 9.59 Å². The van der Waals surface area contributed by atoms with Gasteiger partial charge in [0, 0.05) is 12.2 Å². The van der Waals surface area contributed by atoms with Gasteiger partial charge < -0.3 is 9.47 Å². The highest BCUT2D eigenvalue weighted by molar-refractivity contribution is 5.91. The van der Waals surface area contributed by atoms with Crippen LogP contribution in [0, 0.1) is 11.3 Å². The fourth-order valence-corrected chi connectivity index (χ4v) is 3.67. The second-order valence-electron chi connectivity index (χ2n) is 8.90. The highest BCUT2D eigenvalue weighted by Gasteiger charge is 2.30. The van der Waals surface area contributed by atoms with Gasteiger partial charge in [-0.2, -0.15) is 0 Å². The molecular formula is C23H40O4. The molecule has 4 nitrogen and oxygen atoms in total. The summed E-state index contributed by atoms with van der Waals surface area (Å²) in [6.45, 7) is 9.43. The molecule has 0 aromatic heterocycles. The molecule has 0 radical (unpaired) electrons. The van der Waals surface area contributed by atoms with Gasteiger partial charge in [-0.05, 0) is 43.4 Å². The Morgan fingerprint density at radius 3 is 2.00 bits per heavy atom. The molecule has 27 heavy (non-hydrogen) atoms. The summed E-state index contributed by atoms with van der Waals surface area (Å²) in [6.07, 6.45) is 14.6. The van der Waals surface area contributed by atoms with Gasteiger partial charge in [0.25, 0.3) is 0 Å². The van der Waals surface area contributed by atoms with Crippen LogP contribution >= 0.6 is 0 Å². The quantitative estimate of drug-likeness (QED) is 0.251. The molecule has 0 N–H and O–H groups in total. The number of unbranched alkanes of at least 4 members (excludes halogenated alkanes) is 6. The molecule has 0 spiro atoms. The molecule has 156 valence electrons. The Balaban J connectivity index is 2.10. The summed E-state index contributed by atoms with van der Waals surface area (Å²) in [5, 5.41) is 0. The normalized spacial score (nSPS) is 20.6. The molecule has 1 rings (SSSR count). The van der Waals surface area contributed by atoms with Crippen molar-refractivity contribution in [3.05, 3.63) is 12.2 Å². The fourth-order valence-electron chi connectivity index (χ4n) is 3.67. The Morgan fingerprint density at radius 1 is 0.852 bits per heavy atom.